The van der Waals surface area contributed by atoms with Gasteiger partial charge >= 0.3 is 0 Å². The van der Waals surface area contributed by atoms with Crippen LogP contribution in [0.4, 0.5) is 0 Å². The van der Waals surface area contributed by atoms with Gasteiger partial charge in [0.05, 0.1) is 12.1 Å². The first kappa shape index (κ1) is 12.8. The van der Waals surface area contributed by atoms with E-state index in [1.165, 1.54) is 0 Å². The van der Waals surface area contributed by atoms with E-state index in [9.17, 15) is 9.59 Å². The summed E-state index contributed by atoms with van der Waals surface area (Å²) >= 11 is 0. The predicted molar refractivity (Wildman–Crippen MR) is 67.7 cm³/mol. The highest BCUT2D eigenvalue weighted by molar-refractivity contribution is 5.94. The summed E-state index contributed by atoms with van der Waals surface area (Å²) in [5.74, 6) is -0.348. The third-order valence-corrected chi connectivity index (χ3v) is 3.18. The van der Waals surface area contributed by atoms with E-state index in [0.717, 1.165) is 25.1 Å². The van der Waals surface area contributed by atoms with Crippen LogP contribution in [0.5, 0.6) is 0 Å². The molecule has 5 heteroatoms. The minimum Gasteiger partial charge on any atom is -0.376 e. The van der Waals surface area contributed by atoms with Gasteiger partial charge in [-0.05, 0) is 38.8 Å². The summed E-state index contributed by atoms with van der Waals surface area (Å²) in [6.07, 6.45) is 2.03. The van der Waals surface area contributed by atoms with Gasteiger partial charge in [0.15, 0.2) is 0 Å². The average Bonchev–Trinajstić information content (AvgIpc) is 2.81. The van der Waals surface area contributed by atoms with E-state index in [1.54, 1.807) is 19.1 Å². The molecule has 0 saturated carbocycles. The van der Waals surface area contributed by atoms with Crippen molar-refractivity contribution < 1.29 is 9.53 Å². The van der Waals surface area contributed by atoms with E-state index in [-0.39, 0.29) is 29.2 Å². The van der Waals surface area contributed by atoms with Gasteiger partial charge < -0.3 is 15.0 Å². The largest absolute Gasteiger partial charge is 0.376 e. The summed E-state index contributed by atoms with van der Waals surface area (Å²) in [5.41, 5.74) is 0.529. The fourth-order valence-corrected chi connectivity index (χ4v) is 2.13. The van der Waals surface area contributed by atoms with E-state index in [1.807, 2.05) is 6.92 Å². The number of rotatable bonds is 3. The van der Waals surface area contributed by atoms with Crippen LogP contribution in [0.15, 0.2) is 16.9 Å². The number of carbonyl (C=O) groups is 1. The number of ether oxygens (including phenoxy) is 1. The molecule has 18 heavy (non-hydrogen) atoms. The molecule has 1 saturated heterocycles. The SMILES string of the molecule is Cc1ccc(C(=O)N[C@H](C)[C@H]2CCCO2)c(=O)[nH]1. The average molecular weight is 250 g/mol. The van der Waals surface area contributed by atoms with Gasteiger partial charge in [-0.3, -0.25) is 9.59 Å². The molecule has 2 atom stereocenters. The number of carbonyl (C=O) groups excluding carboxylic acids is 1. The zero-order chi connectivity index (χ0) is 13.1. The molecule has 5 nitrogen and oxygen atoms in total. The van der Waals surface area contributed by atoms with Crippen LogP contribution in [-0.2, 0) is 4.74 Å². The molecule has 0 radical (unpaired) electrons. The number of hydrogen-bond acceptors (Lipinski definition) is 3. The first-order valence-electron chi connectivity index (χ1n) is 6.20. The summed E-state index contributed by atoms with van der Waals surface area (Å²) in [7, 11) is 0. The minimum absolute atomic E-state index is 0.0541. The van der Waals surface area contributed by atoms with Crippen molar-refractivity contribution in [3.05, 3.63) is 33.7 Å². The molecule has 0 aromatic carbocycles. The Hall–Kier alpha value is -1.62. The van der Waals surface area contributed by atoms with Crippen LogP contribution in [0.1, 0.15) is 35.8 Å². The van der Waals surface area contributed by atoms with E-state index < -0.39 is 0 Å². The highest BCUT2D eigenvalue weighted by Gasteiger charge is 2.24. The lowest BCUT2D eigenvalue weighted by Crippen LogP contribution is -2.42. The molecule has 1 aromatic heterocycles. The Morgan fingerprint density at radius 1 is 1.56 bits per heavy atom. The third kappa shape index (κ3) is 2.79. The van der Waals surface area contributed by atoms with Gasteiger partial charge in [0.2, 0.25) is 0 Å². The maximum absolute atomic E-state index is 12.0. The van der Waals surface area contributed by atoms with Gasteiger partial charge in [-0.25, -0.2) is 0 Å². The maximum atomic E-state index is 12.0. The Bertz CT molecular complexity index is 489. The quantitative estimate of drug-likeness (QED) is 0.840. The summed E-state index contributed by atoms with van der Waals surface area (Å²) < 4.78 is 5.50. The second kappa shape index (κ2) is 5.35. The van der Waals surface area contributed by atoms with Crippen LogP contribution < -0.4 is 10.9 Å². The summed E-state index contributed by atoms with van der Waals surface area (Å²) in [5, 5.41) is 2.81. The number of aryl methyl sites for hydroxylation is 1. The lowest BCUT2D eigenvalue weighted by molar-refractivity contribution is 0.0711. The number of amides is 1. The van der Waals surface area contributed by atoms with E-state index in [2.05, 4.69) is 10.3 Å². The lowest BCUT2D eigenvalue weighted by atomic mass is 10.1. The fraction of sp³-hybridized carbons (Fsp3) is 0.538. The number of aromatic nitrogens is 1. The molecule has 1 fully saturated rings. The molecule has 2 heterocycles. The maximum Gasteiger partial charge on any atom is 0.260 e. The number of pyridine rings is 1. The summed E-state index contributed by atoms with van der Waals surface area (Å²) in [6, 6.07) is 3.18. The van der Waals surface area contributed by atoms with Gasteiger partial charge in [-0.1, -0.05) is 0 Å². The molecule has 0 aliphatic carbocycles. The van der Waals surface area contributed by atoms with Gasteiger partial charge in [-0.15, -0.1) is 0 Å². The van der Waals surface area contributed by atoms with Crippen molar-refractivity contribution in [2.75, 3.05) is 6.61 Å². The van der Waals surface area contributed by atoms with E-state index in [0.29, 0.717) is 0 Å². The Morgan fingerprint density at radius 3 is 2.94 bits per heavy atom. The molecular formula is C13H18N2O3. The predicted octanol–water partition coefficient (Wildman–Crippen LogP) is 0.981. The van der Waals surface area contributed by atoms with E-state index in [4.69, 9.17) is 4.74 Å². The van der Waals surface area contributed by atoms with Gasteiger partial charge in [-0.2, -0.15) is 0 Å². The van der Waals surface area contributed by atoms with Crippen LogP contribution >= 0.6 is 0 Å². The minimum atomic E-state index is -0.355. The van der Waals surface area contributed by atoms with Crippen molar-refractivity contribution in [2.24, 2.45) is 0 Å². The van der Waals surface area contributed by atoms with Gasteiger partial charge in [0.1, 0.15) is 5.56 Å². The normalized spacial score (nSPS) is 20.7. The van der Waals surface area contributed by atoms with Crippen molar-refractivity contribution in [1.29, 1.82) is 0 Å². The van der Waals surface area contributed by atoms with Crippen molar-refractivity contribution >= 4 is 5.91 Å². The van der Waals surface area contributed by atoms with Crippen LogP contribution in [0.2, 0.25) is 0 Å². The number of nitrogens with one attached hydrogen (secondary N) is 2. The van der Waals surface area contributed by atoms with Crippen LogP contribution in [0.3, 0.4) is 0 Å². The molecule has 1 aromatic rings. The lowest BCUT2D eigenvalue weighted by Gasteiger charge is -2.19. The molecule has 0 unspecified atom stereocenters. The number of H-pyrrole nitrogens is 1. The zero-order valence-corrected chi connectivity index (χ0v) is 10.7. The Labute approximate surface area is 106 Å². The number of aromatic amines is 1. The molecular weight excluding hydrogens is 232 g/mol. The topological polar surface area (TPSA) is 71.2 Å². The molecule has 0 spiro atoms. The summed E-state index contributed by atoms with van der Waals surface area (Å²) in [6.45, 7) is 4.42. The van der Waals surface area contributed by atoms with Crippen LogP contribution in [0.25, 0.3) is 0 Å². The molecule has 98 valence electrons. The highest BCUT2D eigenvalue weighted by atomic mass is 16.5. The first-order chi connectivity index (χ1) is 8.58. The molecule has 0 bridgehead atoms. The smallest absolute Gasteiger partial charge is 0.260 e. The number of hydrogen-bond donors (Lipinski definition) is 2. The van der Waals surface area contributed by atoms with Crippen molar-refractivity contribution in [1.82, 2.24) is 10.3 Å². The monoisotopic (exact) mass is 250 g/mol. The third-order valence-electron chi connectivity index (χ3n) is 3.18. The Balaban J connectivity index is 2.05. The standard InChI is InChI=1S/C13H18N2O3/c1-8-5-6-10(12(16)14-8)13(17)15-9(2)11-4-3-7-18-11/h5-6,9,11H,3-4,7H2,1-2H3,(H,14,16)(H,15,17)/t9-,11-/m1/s1. The molecule has 2 N–H and O–H groups in total. The molecule has 1 aliphatic heterocycles. The molecule has 1 aliphatic rings. The highest BCUT2D eigenvalue weighted by Crippen LogP contribution is 2.15. The van der Waals surface area contributed by atoms with Crippen molar-refractivity contribution in [3.63, 3.8) is 0 Å². The van der Waals surface area contributed by atoms with Crippen molar-refractivity contribution in [2.45, 2.75) is 38.8 Å². The Morgan fingerprint density at radius 2 is 2.33 bits per heavy atom. The van der Waals surface area contributed by atoms with Crippen LogP contribution in [-0.4, -0.2) is 29.6 Å². The van der Waals surface area contributed by atoms with Crippen LogP contribution in [0, 0.1) is 6.92 Å². The van der Waals surface area contributed by atoms with Crippen molar-refractivity contribution in [3.8, 4) is 0 Å². The summed E-state index contributed by atoms with van der Waals surface area (Å²) in [4.78, 5) is 26.2. The molecule has 1 amide bonds. The fourth-order valence-electron chi connectivity index (χ4n) is 2.13. The van der Waals surface area contributed by atoms with Gasteiger partial charge in [0.25, 0.3) is 11.5 Å². The second-order valence-corrected chi connectivity index (χ2v) is 4.70. The first-order valence-corrected chi connectivity index (χ1v) is 6.20. The molecule has 2 rings (SSSR count). The van der Waals surface area contributed by atoms with E-state index >= 15 is 0 Å². The Kier molecular flexibility index (Phi) is 3.81. The zero-order valence-electron chi connectivity index (χ0n) is 10.7. The van der Waals surface area contributed by atoms with Gasteiger partial charge in [0, 0.05) is 12.3 Å². The second-order valence-electron chi connectivity index (χ2n) is 4.70.